The summed E-state index contributed by atoms with van der Waals surface area (Å²) in [6.45, 7) is 8.40. The SMILES string of the molecule is CC1(C)OB(c2cc(CN)ncc2N)OC1(C)C. The Morgan fingerprint density at radius 2 is 1.78 bits per heavy atom. The quantitative estimate of drug-likeness (QED) is 0.742. The number of pyridine rings is 1. The molecule has 98 valence electrons. The van der Waals surface area contributed by atoms with Crippen molar-refractivity contribution in [1.82, 2.24) is 4.98 Å². The number of nitrogens with zero attached hydrogens (tertiary/aromatic N) is 1. The van der Waals surface area contributed by atoms with Crippen molar-refractivity contribution in [2.75, 3.05) is 5.73 Å². The lowest BCUT2D eigenvalue weighted by Gasteiger charge is -2.32. The third-order valence-corrected chi connectivity index (χ3v) is 3.74. The number of aromatic nitrogens is 1. The van der Waals surface area contributed by atoms with Gasteiger partial charge in [-0.25, -0.2) is 0 Å². The fourth-order valence-electron chi connectivity index (χ4n) is 1.81. The largest absolute Gasteiger partial charge is 0.497 e. The number of hydrogen-bond acceptors (Lipinski definition) is 5. The molecule has 5 nitrogen and oxygen atoms in total. The van der Waals surface area contributed by atoms with E-state index in [0.29, 0.717) is 12.2 Å². The predicted molar refractivity (Wildman–Crippen MR) is 72.3 cm³/mol. The van der Waals surface area contributed by atoms with Gasteiger partial charge < -0.3 is 20.8 Å². The zero-order chi connectivity index (χ0) is 13.6. The van der Waals surface area contributed by atoms with Crippen LogP contribution in [-0.2, 0) is 15.9 Å². The van der Waals surface area contributed by atoms with Crippen molar-refractivity contribution in [1.29, 1.82) is 0 Å². The van der Waals surface area contributed by atoms with Crippen LogP contribution in [0.4, 0.5) is 5.69 Å². The number of rotatable bonds is 2. The third kappa shape index (κ3) is 2.11. The van der Waals surface area contributed by atoms with E-state index in [1.54, 1.807) is 6.20 Å². The van der Waals surface area contributed by atoms with Gasteiger partial charge in [0.1, 0.15) is 0 Å². The zero-order valence-corrected chi connectivity index (χ0v) is 11.4. The van der Waals surface area contributed by atoms with Crippen LogP contribution < -0.4 is 16.9 Å². The molecule has 4 N–H and O–H groups in total. The number of nitrogen functional groups attached to an aromatic ring is 1. The summed E-state index contributed by atoms with van der Waals surface area (Å²) in [4.78, 5) is 4.14. The average Bonchev–Trinajstić information content (AvgIpc) is 2.48. The highest BCUT2D eigenvalue weighted by molar-refractivity contribution is 6.63. The fraction of sp³-hybridized carbons (Fsp3) is 0.583. The molecule has 0 aliphatic carbocycles. The summed E-state index contributed by atoms with van der Waals surface area (Å²) >= 11 is 0. The molecule has 1 aliphatic heterocycles. The minimum absolute atomic E-state index is 0.368. The van der Waals surface area contributed by atoms with Crippen molar-refractivity contribution in [2.24, 2.45) is 5.73 Å². The second kappa shape index (κ2) is 4.22. The Kier molecular flexibility index (Phi) is 3.13. The molecule has 1 saturated heterocycles. The van der Waals surface area contributed by atoms with E-state index in [4.69, 9.17) is 20.8 Å². The van der Waals surface area contributed by atoms with Crippen LogP contribution >= 0.6 is 0 Å². The second-order valence-electron chi connectivity index (χ2n) is 5.60. The molecule has 0 spiro atoms. The Bertz CT molecular complexity index is 447. The fourth-order valence-corrected chi connectivity index (χ4v) is 1.81. The van der Waals surface area contributed by atoms with Crippen LogP contribution in [-0.4, -0.2) is 23.3 Å². The molecule has 2 rings (SSSR count). The first kappa shape index (κ1) is 13.3. The van der Waals surface area contributed by atoms with Crippen molar-refractivity contribution in [3.63, 3.8) is 0 Å². The summed E-state index contributed by atoms with van der Waals surface area (Å²) in [7, 11) is -0.469. The summed E-state index contributed by atoms with van der Waals surface area (Å²) in [6, 6.07) is 1.84. The standard InChI is InChI=1S/C12H20BN3O2/c1-11(2)12(3,4)18-13(17-11)9-5-8(6-14)16-7-10(9)15/h5,7H,6,14-15H2,1-4H3. The summed E-state index contributed by atoms with van der Waals surface area (Å²) in [6.07, 6.45) is 1.60. The van der Waals surface area contributed by atoms with Crippen LogP contribution in [0.2, 0.25) is 0 Å². The molecular formula is C12H20BN3O2. The topological polar surface area (TPSA) is 83.4 Å². The van der Waals surface area contributed by atoms with E-state index in [1.807, 2.05) is 33.8 Å². The highest BCUT2D eigenvalue weighted by Gasteiger charge is 2.52. The van der Waals surface area contributed by atoms with Crippen LogP contribution in [0.1, 0.15) is 33.4 Å². The Morgan fingerprint density at radius 3 is 2.28 bits per heavy atom. The van der Waals surface area contributed by atoms with Crippen LogP contribution in [0.3, 0.4) is 0 Å². The Morgan fingerprint density at radius 1 is 1.22 bits per heavy atom. The molecule has 18 heavy (non-hydrogen) atoms. The van der Waals surface area contributed by atoms with Gasteiger partial charge in [0.25, 0.3) is 0 Å². The molecule has 0 aromatic carbocycles. The maximum absolute atomic E-state index is 5.96. The van der Waals surface area contributed by atoms with E-state index >= 15 is 0 Å². The molecule has 0 atom stereocenters. The summed E-state index contributed by atoms with van der Waals surface area (Å²) in [5, 5.41) is 0. The first-order valence-electron chi connectivity index (χ1n) is 6.07. The molecule has 1 aliphatic rings. The van der Waals surface area contributed by atoms with Gasteiger partial charge in [-0.15, -0.1) is 0 Å². The van der Waals surface area contributed by atoms with Gasteiger partial charge >= 0.3 is 7.12 Å². The first-order chi connectivity index (χ1) is 8.27. The molecule has 1 aromatic heterocycles. The molecule has 0 saturated carbocycles. The third-order valence-electron chi connectivity index (χ3n) is 3.74. The van der Waals surface area contributed by atoms with Gasteiger partial charge in [-0.1, -0.05) is 0 Å². The Hall–Kier alpha value is -1.11. The van der Waals surface area contributed by atoms with E-state index in [2.05, 4.69) is 4.98 Å². The van der Waals surface area contributed by atoms with Gasteiger partial charge in [-0.3, -0.25) is 4.98 Å². The molecule has 0 amide bonds. The summed E-state index contributed by atoms with van der Waals surface area (Å²) in [5.41, 5.74) is 12.9. The predicted octanol–water partition coefficient (Wildman–Crippen LogP) is 0.422. The normalized spacial score (nSPS) is 21.3. The van der Waals surface area contributed by atoms with Crippen molar-refractivity contribution in [3.05, 3.63) is 18.0 Å². The van der Waals surface area contributed by atoms with Crippen molar-refractivity contribution in [2.45, 2.75) is 45.4 Å². The smallest absolute Gasteiger partial charge is 0.399 e. The molecule has 0 bridgehead atoms. The summed E-state index contributed by atoms with van der Waals surface area (Å²) in [5.74, 6) is 0. The van der Waals surface area contributed by atoms with Gasteiger partial charge in [-0.2, -0.15) is 0 Å². The number of nitrogens with two attached hydrogens (primary N) is 2. The minimum atomic E-state index is -0.469. The minimum Gasteiger partial charge on any atom is -0.399 e. The maximum Gasteiger partial charge on any atom is 0.497 e. The maximum atomic E-state index is 5.96. The van der Waals surface area contributed by atoms with Gasteiger partial charge in [0.15, 0.2) is 0 Å². The zero-order valence-electron chi connectivity index (χ0n) is 11.4. The van der Waals surface area contributed by atoms with Crippen LogP contribution in [0.15, 0.2) is 12.3 Å². The molecule has 6 heteroatoms. The Balaban J connectivity index is 2.34. The van der Waals surface area contributed by atoms with Gasteiger partial charge in [-0.05, 0) is 33.8 Å². The van der Waals surface area contributed by atoms with E-state index < -0.39 is 7.12 Å². The lowest BCUT2D eigenvalue weighted by Crippen LogP contribution is -2.41. The van der Waals surface area contributed by atoms with Crippen molar-refractivity contribution in [3.8, 4) is 0 Å². The van der Waals surface area contributed by atoms with Gasteiger partial charge in [0.2, 0.25) is 0 Å². The second-order valence-corrected chi connectivity index (χ2v) is 5.60. The first-order valence-corrected chi connectivity index (χ1v) is 6.07. The van der Waals surface area contributed by atoms with Crippen LogP contribution in [0.5, 0.6) is 0 Å². The highest BCUT2D eigenvalue weighted by Crippen LogP contribution is 2.36. The molecule has 0 radical (unpaired) electrons. The number of hydrogen-bond donors (Lipinski definition) is 2. The van der Waals surface area contributed by atoms with E-state index in [1.165, 1.54) is 0 Å². The highest BCUT2D eigenvalue weighted by atomic mass is 16.7. The van der Waals surface area contributed by atoms with Gasteiger partial charge in [0, 0.05) is 23.9 Å². The summed E-state index contributed by atoms with van der Waals surface area (Å²) < 4.78 is 11.9. The van der Waals surface area contributed by atoms with Crippen molar-refractivity contribution >= 4 is 18.3 Å². The van der Waals surface area contributed by atoms with E-state index in [0.717, 1.165) is 11.2 Å². The van der Waals surface area contributed by atoms with Crippen LogP contribution in [0.25, 0.3) is 0 Å². The van der Waals surface area contributed by atoms with E-state index in [9.17, 15) is 0 Å². The lowest BCUT2D eigenvalue weighted by atomic mass is 9.78. The monoisotopic (exact) mass is 249 g/mol. The van der Waals surface area contributed by atoms with Crippen LogP contribution in [0, 0.1) is 0 Å². The lowest BCUT2D eigenvalue weighted by molar-refractivity contribution is 0.00578. The van der Waals surface area contributed by atoms with Crippen molar-refractivity contribution < 1.29 is 9.31 Å². The molecule has 1 aromatic rings. The molecule has 0 unspecified atom stereocenters. The average molecular weight is 249 g/mol. The molecular weight excluding hydrogens is 229 g/mol. The Labute approximate surface area is 108 Å². The van der Waals surface area contributed by atoms with Gasteiger partial charge in [0.05, 0.1) is 16.9 Å². The number of anilines is 1. The van der Waals surface area contributed by atoms with E-state index in [-0.39, 0.29) is 11.2 Å². The molecule has 1 fully saturated rings. The molecule has 2 heterocycles.